The molecule has 3 aromatic heterocycles. The predicted octanol–water partition coefficient (Wildman–Crippen LogP) is 17.6. The van der Waals surface area contributed by atoms with E-state index >= 15 is 0 Å². The fourth-order valence-electron chi connectivity index (χ4n) is 12.8. The highest BCUT2D eigenvalue weighted by Crippen LogP contribution is 2.56. The molecule has 13 aromatic rings. The number of para-hydroxylation sites is 4. The van der Waals surface area contributed by atoms with Crippen LogP contribution < -0.4 is 4.90 Å². The summed E-state index contributed by atoms with van der Waals surface area (Å²) in [6.45, 7) is 9.40. The lowest BCUT2D eigenvalue weighted by molar-refractivity contribution is 0.660. The van der Waals surface area contributed by atoms with Gasteiger partial charge in [-0.3, -0.25) is 9.47 Å². The topological polar surface area (TPSA) is 38.9 Å². The molecule has 10 aromatic carbocycles. The Balaban J connectivity index is 0.954. The molecule has 15 rings (SSSR count). The highest BCUT2D eigenvalue weighted by Gasteiger charge is 2.40. The number of hydrogen-bond donors (Lipinski definition) is 0. The van der Waals surface area contributed by atoms with Crippen LogP contribution in [0.15, 0.2) is 224 Å². The van der Waals surface area contributed by atoms with E-state index in [0.717, 1.165) is 50.4 Å². The van der Waals surface area contributed by atoms with Crippen molar-refractivity contribution in [1.29, 1.82) is 0 Å². The second-order valence-corrected chi connectivity index (χ2v) is 21.0. The Morgan fingerprint density at radius 2 is 0.904 bits per heavy atom. The van der Waals surface area contributed by atoms with Crippen molar-refractivity contribution in [3.8, 4) is 44.9 Å². The smallest absolute Gasteiger partial charge is 0.237 e. The average Bonchev–Trinajstić information content (AvgIpc) is 4.13. The molecule has 0 aliphatic heterocycles. The van der Waals surface area contributed by atoms with Crippen LogP contribution >= 0.6 is 0 Å². The molecule has 0 unspecified atom stereocenters. The van der Waals surface area contributed by atoms with Crippen LogP contribution in [0.1, 0.15) is 49.9 Å². The zero-order valence-corrected chi connectivity index (χ0v) is 41.1. The highest BCUT2D eigenvalue weighted by atomic mass is 15.3. The number of nitrogens with zero attached hydrogens (tertiary/aromatic N) is 5. The minimum absolute atomic E-state index is 0.195. The number of anilines is 3. The van der Waals surface area contributed by atoms with Crippen LogP contribution in [0.25, 0.3) is 99.4 Å². The van der Waals surface area contributed by atoms with E-state index < -0.39 is 0 Å². The maximum atomic E-state index is 5.83. The zero-order chi connectivity index (χ0) is 48.7. The first kappa shape index (κ1) is 41.7. The molecule has 0 spiro atoms. The van der Waals surface area contributed by atoms with Crippen molar-refractivity contribution in [2.24, 2.45) is 0 Å². The number of aromatic nitrogens is 4. The van der Waals surface area contributed by atoms with Gasteiger partial charge in [-0.25, -0.2) is 4.98 Å². The van der Waals surface area contributed by atoms with Crippen molar-refractivity contribution in [3.63, 3.8) is 0 Å². The number of fused-ring (bicyclic) bond motifs is 13. The Kier molecular flexibility index (Phi) is 8.70. The molecular weight excluding hydrogens is 887 g/mol. The van der Waals surface area contributed by atoms with E-state index in [1.54, 1.807) is 0 Å². The van der Waals surface area contributed by atoms with E-state index in [9.17, 15) is 0 Å². The zero-order valence-electron chi connectivity index (χ0n) is 41.1. The van der Waals surface area contributed by atoms with Crippen LogP contribution in [0.5, 0.6) is 0 Å². The molecule has 0 atom stereocenters. The highest BCUT2D eigenvalue weighted by molar-refractivity contribution is 6.13. The predicted molar refractivity (Wildman–Crippen MR) is 303 cm³/mol. The maximum Gasteiger partial charge on any atom is 0.237 e. The molecular formula is C68H49N5. The minimum atomic E-state index is -0.204. The molecule has 2 aliphatic rings. The third-order valence-electron chi connectivity index (χ3n) is 16.3. The molecule has 0 radical (unpaired) electrons. The number of benzene rings is 10. The fourth-order valence-corrected chi connectivity index (χ4v) is 12.8. The second-order valence-electron chi connectivity index (χ2n) is 21.0. The largest absolute Gasteiger partial charge is 0.309 e. The first-order valence-corrected chi connectivity index (χ1v) is 25.4. The van der Waals surface area contributed by atoms with Crippen LogP contribution in [0.2, 0.25) is 0 Å². The summed E-state index contributed by atoms with van der Waals surface area (Å²) in [4.78, 5) is 13.7. The van der Waals surface area contributed by atoms with Gasteiger partial charge >= 0.3 is 0 Å². The van der Waals surface area contributed by atoms with E-state index in [0.29, 0.717) is 5.95 Å². The molecule has 73 heavy (non-hydrogen) atoms. The van der Waals surface area contributed by atoms with Gasteiger partial charge in [0.1, 0.15) is 0 Å². The summed E-state index contributed by atoms with van der Waals surface area (Å²) in [5.74, 6) is 1.45. The second kappa shape index (κ2) is 15.2. The Hall–Kier alpha value is -9.06. The summed E-state index contributed by atoms with van der Waals surface area (Å²) in [5, 5.41) is 5.79. The van der Waals surface area contributed by atoms with Crippen LogP contribution in [0.4, 0.5) is 17.3 Å². The summed E-state index contributed by atoms with van der Waals surface area (Å²) >= 11 is 0. The molecule has 0 N–H and O–H groups in total. The molecule has 5 nitrogen and oxygen atoms in total. The quantitative estimate of drug-likeness (QED) is 0.167. The molecule has 0 amide bonds. The molecule has 0 saturated heterocycles. The summed E-state index contributed by atoms with van der Waals surface area (Å²) in [5.41, 5.74) is 20.9. The van der Waals surface area contributed by atoms with Gasteiger partial charge in [0, 0.05) is 54.7 Å². The lowest BCUT2D eigenvalue weighted by Gasteiger charge is -2.29. The van der Waals surface area contributed by atoms with Gasteiger partial charge in [0.05, 0.1) is 33.3 Å². The summed E-state index contributed by atoms with van der Waals surface area (Å²) in [6.07, 6.45) is 0. The van der Waals surface area contributed by atoms with Crippen LogP contribution in [0, 0.1) is 0 Å². The van der Waals surface area contributed by atoms with Gasteiger partial charge in [0.25, 0.3) is 0 Å². The van der Waals surface area contributed by atoms with Crippen molar-refractivity contribution in [3.05, 3.63) is 247 Å². The lowest BCUT2D eigenvalue weighted by atomic mass is 9.82. The summed E-state index contributed by atoms with van der Waals surface area (Å²) in [7, 11) is 0. The molecule has 5 heteroatoms. The molecule has 0 fully saturated rings. The standard InChI is InChI=1S/C68H49N5/c1-67(2)55-27-14-9-24-50(55)64-56(67)28-18-32-63(64)72(45-35-36-47-46-21-8-13-26-54(46)68(3,4)57(47)41-45)66-69-58-29-15-10-25-51(58)65(70-66)73-60-31-17-12-23-49(60)53-40-43(34-38-62(53)73)42-33-37-61-52(39-42)48-22-11-16-30-59(48)71(61)44-19-6-5-7-20-44/h5-41H,1-4H3. The SMILES string of the molecule is CC1(C)c2ccccc2-c2ccc(N(c3nc(-n4c5ccccc5c5cc(-c6ccc7c(c6)c6ccccc6n7-c6ccccc6)ccc54)c4ccccc4n3)c3cccc4c3-c3ccccc3C4(C)C)cc21. The van der Waals surface area contributed by atoms with Gasteiger partial charge in [0.15, 0.2) is 5.82 Å². The summed E-state index contributed by atoms with van der Waals surface area (Å²) in [6, 6.07) is 82.1. The normalized spacial score (nSPS) is 14.0. The Labute approximate surface area is 423 Å². The van der Waals surface area contributed by atoms with Crippen molar-refractivity contribution in [2.45, 2.75) is 38.5 Å². The van der Waals surface area contributed by atoms with Gasteiger partial charge in [-0.15, -0.1) is 0 Å². The molecule has 0 bridgehead atoms. The van der Waals surface area contributed by atoms with Gasteiger partial charge in [0.2, 0.25) is 5.95 Å². The summed E-state index contributed by atoms with van der Waals surface area (Å²) < 4.78 is 4.74. The van der Waals surface area contributed by atoms with E-state index in [2.05, 4.69) is 266 Å². The van der Waals surface area contributed by atoms with E-state index in [-0.39, 0.29) is 10.8 Å². The number of rotatable bonds is 6. The monoisotopic (exact) mass is 935 g/mol. The third kappa shape index (κ3) is 5.91. The third-order valence-corrected chi connectivity index (χ3v) is 16.3. The molecule has 2 aliphatic carbocycles. The Morgan fingerprint density at radius 1 is 0.370 bits per heavy atom. The van der Waals surface area contributed by atoms with E-state index in [1.807, 2.05) is 0 Å². The van der Waals surface area contributed by atoms with Crippen molar-refractivity contribution >= 4 is 71.8 Å². The fraction of sp³-hybridized carbons (Fsp3) is 0.0882. The van der Waals surface area contributed by atoms with Crippen LogP contribution in [-0.2, 0) is 10.8 Å². The van der Waals surface area contributed by atoms with Gasteiger partial charge < -0.3 is 4.57 Å². The lowest BCUT2D eigenvalue weighted by Crippen LogP contribution is -2.19. The molecule has 346 valence electrons. The van der Waals surface area contributed by atoms with Crippen molar-refractivity contribution in [2.75, 3.05) is 4.90 Å². The Bertz CT molecular complexity index is 4460. The molecule has 0 saturated carbocycles. The first-order valence-electron chi connectivity index (χ1n) is 25.4. The molecule has 3 heterocycles. The van der Waals surface area contributed by atoms with E-state index in [4.69, 9.17) is 9.97 Å². The first-order chi connectivity index (χ1) is 35.7. The van der Waals surface area contributed by atoms with Gasteiger partial charge in [-0.1, -0.05) is 173 Å². The van der Waals surface area contributed by atoms with Gasteiger partial charge in [-0.2, -0.15) is 4.98 Å². The van der Waals surface area contributed by atoms with Crippen molar-refractivity contribution < 1.29 is 0 Å². The minimum Gasteiger partial charge on any atom is -0.309 e. The van der Waals surface area contributed by atoms with E-state index in [1.165, 1.54) is 82.6 Å². The number of hydrogen-bond acceptors (Lipinski definition) is 3. The van der Waals surface area contributed by atoms with Crippen molar-refractivity contribution in [1.82, 2.24) is 19.1 Å². The van der Waals surface area contributed by atoms with Gasteiger partial charge in [-0.05, 0) is 129 Å². The maximum absolute atomic E-state index is 5.83. The average molecular weight is 936 g/mol. The Morgan fingerprint density at radius 3 is 1.63 bits per heavy atom. The van der Waals surface area contributed by atoms with Crippen LogP contribution in [0.3, 0.4) is 0 Å². The van der Waals surface area contributed by atoms with Crippen LogP contribution in [-0.4, -0.2) is 19.1 Å².